The summed E-state index contributed by atoms with van der Waals surface area (Å²) in [7, 11) is 0. The average Bonchev–Trinajstić information content (AvgIpc) is 2.84. The van der Waals surface area contributed by atoms with Crippen molar-refractivity contribution in [1.29, 1.82) is 0 Å². The van der Waals surface area contributed by atoms with E-state index in [1.165, 1.54) is 22.8 Å². The number of aliphatic imine (C=N–C) groups is 1. The number of rotatable bonds is 1. The van der Waals surface area contributed by atoms with Crippen LogP contribution in [0.25, 0.3) is 0 Å². The molecule has 1 nitrogen and oxygen atoms in total. The van der Waals surface area contributed by atoms with Crippen LogP contribution in [0, 0.1) is 5.92 Å². The highest BCUT2D eigenvalue weighted by Gasteiger charge is 2.57. The molecule has 2 atom stereocenters. The summed E-state index contributed by atoms with van der Waals surface area (Å²) in [5.74, 6) is 2.00. The Labute approximate surface area is 118 Å². The monoisotopic (exact) mass is 277 g/mol. The van der Waals surface area contributed by atoms with Crippen LogP contribution in [-0.4, -0.2) is 20.4 Å². The zero-order chi connectivity index (χ0) is 12.8. The Bertz CT molecular complexity index is 481. The summed E-state index contributed by atoms with van der Waals surface area (Å²) in [6.45, 7) is 6.98. The highest BCUT2D eigenvalue weighted by molar-refractivity contribution is 8.27. The molecule has 18 heavy (non-hydrogen) atoms. The smallest absolute Gasteiger partial charge is 0.0999 e. The lowest BCUT2D eigenvalue weighted by Crippen LogP contribution is -2.42. The van der Waals surface area contributed by atoms with E-state index in [0.717, 1.165) is 5.92 Å². The Morgan fingerprint density at radius 3 is 2.56 bits per heavy atom. The zero-order valence-corrected chi connectivity index (χ0v) is 12.8. The Balaban J connectivity index is 1.98. The molecule has 2 aliphatic rings. The van der Waals surface area contributed by atoms with Crippen molar-refractivity contribution in [1.82, 2.24) is 0 Å². The van der Waals surface area contributed by atoms with Crippen LogP contribution in [0.1, 0.15) is 32.8 Å². The van der Waals surface area contributed by atoms with Crippen molar-refractivity contribution in [3.63, 3.8) is 0 Å². The molecule has 1 aromatic carbocycles. The molecule has 1 saturated heterocycles. The molecule has 2 heterocycles. The van der Waals surface area contributed by atoms with Crippen LogP contribution in [0.5, 0.6) is 0 Å². The van der Waals surface area contributed by atoms with Crippen molar-refractivity contribution >= 4 is 28.6 Å². The number of thioether (sulfide) groups is 2. The second-order valence-electron chi connectivity index (χ2n) is 5.65. The highest BCUT2D eigenvalue weighted by atomic mass is 32.2. The Kier molecular flexibility index (Phi) is 3.02. The molecule has 96 valence electrons. The minimum absolute atomic E-state index is 0.0312. The van der Waals surface area contributed by atoms with Crippen molar-refractivity contribution in [3.8, 4) is 0 Å². The van der Waals surface area contributed by atoms with Gasteiger partial charge in [-0.05, 0) is 31.9 Å². The molecule has 3 rings (SSSR count). The Morgan fingerprint density at radius 2 is 1.94 bits per heavy atom. The van der Waals surface area contributed by atoms with Gasteiger partial charge in [-0.15, -0.1) is 11.8 Å². The van der Waals surface area contributed by atoms with Gasteiger partial charge in [-0.2, -0.15) is 0 Å². The summed E-state index contributed by atoms with van der Waals surface area (Å²) in [6, 6.07) is 10.6. The van der Waals surface area contributed by atoms with E-state index in [4.69, 9.17) is 4.99 Å². The van der Waals surface area contributed by atoms with E-state index in [1.54, 1.807) is 0 Å². The summed E-state index contributed by atoms with van der Waals surface area (Å²) in [4.78, 5) is 5.04. The lowest BCUT2D eigenvalue weighted by Gasteiger charge is -2.38. The molecule has 2 aliphatic heterocycles. The van der Waals surface area contributed by atoms with E-state index in [9.17, 15) is 0 Å². The summed E-state index contributed by atoms with van der Waals surface area (Å²) >= 11 is 4.12. The summed E-state index contributed by atoms with van der Waals surface area (Å²) in [5.41, 5.74) is 1.30. The molecule has 0 N–H and O–H groups in total. The molecule has 1 aromatic rings. The molecule has 1 fully saturated rings. The summed E-state index contributed by atoms with van der Waals surface area (Å²) in [5, 5.41) is 1.22. The third kappa shape index (κ3) is 1.75. The maximum Gasteiger partial charge on any atom is 0.0999 e. The maximum absolute atomic E-state index is 5.04. The van der Waals surface area contributed by atoms with Gasteiger partial charge in [0.25, 0.3) is 0 Å². The number of hydrogen-bond acceptors (Lipinski definition) is 3. The van der Waals surface area contributed by atoms with Crippen molar-refractivity contribution in [2.24, 2.45) is 10.9 Å². The zero-order valence-electron chi connectivity index (χ0n) is 11.1. The van der Waals surface area contributed by atoms with Crippen LogP contribution >= 0.6 is 23.5 Å². The van der Waals surface area contributed by atoms with Crippen LogP contribution < -0.4 is 0 Å². The quantitative estimate of drug-likeness (QED) is 0.753. The van der Waals surface area contributed by atoms with Crippen LogP contribution in [0.15, 0.2) is 35.3 Å². The van der Waals surface area contributed by atoms with E-state index in [1.807, 2.05) is 11.8 Å². The molecular formula is C15H19NS2. The SMILES string of the molecule is CC1CCSC12SC(c1ccccc1)=NC2(C)C. The van der Waals surface area contributed by atoms with Gasteiger partial charge in [-0.1, -0.05) is 49.0 Å². The van der Waals surface area contributed by atoms with Gasteiger partial charge in [0.1, 0.15) is 0 Å². The van der Waals surface area contributed by atoms with Crippen molar-refractivity contribution < 1.29 is 0 Å². The number of benzene rings is 1. The minimum Gasteiger partial charge on any atom is -0.269 e. The predicted molar refractivity (Wildman–Crippen MR) is 83.6 cm³/mol. The van der Waals surface area contributed by atoms with Crippen LogP contribution in [-0.2, 0) is 0 Å². The molecule has 0 bridgehead atoms. The van der Waals surface area contributed by atoms with Crippen molar-refractivity contribution in [2.45, 2.75) is 36.8 Å². The van der Waals surface area contributed by atoms with Crippen LogP contribution in [0.2, 0.25) is 0 Å². The first-order chi connectivity index (χ1) is 8.55. The van der Waals surface area contributed by atoms with Crippen LogP contribution in [0.3, 0.4) is 0 Å². The van der Waals surface area contributed by atoms with Gasteiger partial charge in [-0.3, -0.25) is 4.99 Å². The van der Waals surface area contributed by atoms with Gasteiger partial charge in [0, 0.05) is 5.56 Å². The third-order valence-electron chi connectivity index (χ3n) is 4.02. The minimum atomic E-state index is 0.0312. The fraction of sp³-hybridized carbons (Fsp3) is 0.533. The maximum atomic E-state index is 5.04. The van der Waals surface area contributed by atoms with E-state index in [-0.39, 0.29) is 9.62 Å². The summed E-state index contributed by atoms with van der Waals surface area (Å²) < 4.78 is 0.248. The predicted octanol–water partition coefficient (Wildman–Crippen LogP) is 4.43. The van der Waals surface area contributed by atoms with Gasteiger partial charge in [0.15, 0.2) is 0 Å². The molecule has 1 spiro atoms. The summed E-state index contributed by atoms with van der Waals surface area (Å²) in [6.07, 6.45) is 1.32. The molecule has 0 amide bonds. The highest BCUT2D eigenvalue weighted by Crippen LogP contribution is 2.62. The molecule has 3 heteroatoms. The molecule has 0 aromatic heterocycles. The largest absolute Gasteiger partial charge is 0.269 e. The topological polar surface area (TPSA) is 12.4 Å². The Morgan fingerprint density at radius 1 is 1.22 bits per heavy atom. The lowest BCUT2D eigenvalue weighted by atomic mass is 9.89. The lowest BCUT2D eigenvalue weighted by molar-refractivity contribution is 0.386. The van der Waals surface area contributed by atoms with E-state index in [2.05, 4.69) is 62.9 Å². The van der Waals surface area contributed by atoms with E-state index < -0.39 is 0 Å². The number of nitrogens with zero attached hydrogens (tertiary/aromatic N) is 1. The molecule has 0 aliphatic carbocycles. The van der Waals surface area contributed by atoms with Crippen molar-refractivity contribution in [2.75, 3.05) is 5.75 Å². The molecule has 2 unspecified atom stereocenters. The average molecular weight is 277 g/mol. The fourth-order valence-electron chi connectivity index (χ4n) is 2.96. The second-order valence-corrected chi connectivity index (χ2v) is 8.48. The van der Waals surface area contributed by atoms with E-state index >= 15 is 0 Å². The fourth-order valence-corrected chi connectivity index (χ4v) is 6.68. The first-order valence-electron chi connectivity index (χ1n) is 6.53. The molecular weight excluding hydrogens is 258 g/mol. The first kappa shape index (κ1) is 12.6. The second kappa shape index (κ2) is 4.31. The van der Waals surface area contributed by atoms with Gasteiger partial charge >= 0.3 is 0 Å². The van der Waals surface area contributed by atoms with Crippen LogP contribution in [0.4, 0.5) is 0 Å². The van der Waals surface area contributed by atoms with Crippen molar-refractivity contribution in [3.05, 3.63) is 35.9 Å². The van der Waals surface area contributed by atoms with Gasteiger partial charge in [0.05, 0.1) is 14.7 Å². The molecule has 0 radical (unpaired) electrons. The normalized spacial score (nSPS) is 33.9. The standard InChI is InChI=1S/C15H19NS2/c1-11-9-10-17-15(11)14(2,3)16-13(18-15)12-7-5-4-6-8-12/h4-8,11H,9-10H2,1-3H3. The third-order valence-corrected chi connectivity index (χ3v) is 8.12. The van der Waals surface area contributed by atoms with Gasteiger partial charge in [0.2, 0.25) is 0 Å². The molecule has 0 saturated carbocycles. The number of hydrogen-bond donors (Lipinski definition) is 0. The van der Waals surface area contributed by atoms with Gasteiger partial charge < -0.3 is 0 Å². The first-order valence-corrected chi connectivity index (χ1v) is 8.34. The Hall–Kier alpha value is -0.410. The van der Waals surface area contributed by atoms with E-state index in [0.29, 0.717) is 0 Å². The van der Waals surface area contributed by atoms with Gasteiger partial charge in [-0.25, -0.2) is 0 Å².